The summed E-state index contributed by atoms with van der Waals surface area (Å²) < 4.78 is 21.7. The van der Waals surface area contributed by atoms with E-state index in [1.54, 1.807) is 0 Å². The van der Waals surface area contributed by atoms with Crippen LogP contribution in [-0.4, -0.2) is 24.2 Å². The molecule has 1 saturated carbocycles. The van der Waals surface area contributed by atoms with Gasteiger partial charge < -0.3 is 18.3 Å². The number of benzene rings is 2. The van der Waals surface area contributed by atoms with Crippen molar-refractivity contribution in [2.75, 3.05) is 14.2 Å². The molecule has 1 fully saturated rings. The van der Waals surface area contributed by atoms with Gasteiger partial charge in [0.2, 0.25) is 23.5 Å². The average molecular weight is 458 g/mol. The van der Waals surface area contributed by atoms with Crippen molar-refractivity contribution in [1.82, 2.24) is 9.97 Å². The molecule has 0 atom stereocenters. The molecule has 1 aliphatic carbocycles. The number of methoxy groups -OCH3 is 2. The lowest BCUT2D eigenvalue weighted by Crippen LogP contribution is -2.41. The van der Waals surface area contributed by atoms with Crippen LogP contribution in [0.1, 0.15) is 46.6 Å². The second-order valence-corrected chi connectivity index (χ2v) is 8.04. The molecule has 4 aromatic rings. The number of hydrogen-bond acceptors (Lipinski definition) is 8. The molecule has 2 aromatic carbocycles. The van der Waals surface area contributed by atoms with Gasteiger partial charge in [0.05, 0.1) is 38.2 Å². The van der Waals surface area contributed by atoms with Gasteiger partial charge in [0, 0.05) is 11.8 Å². The summed E-state index contributed by atoms with van der Waals surface area (Å²) in [6.07, 6.45) is 0. The van der Waals surface area contributed by atoms with Gasteiger partial charge in [0.25, 0.3) is 0 Å². The average Bonchev–Trinajstić information content (AvgIpc) is 2.84. The Morgan fingerprint density at radius 1 is 0.618 bits per heavy atom. The van der Waals surface area contributed by atoms with E-state index in [0.29, 0.717) is 0 Å². The van der Waals surface area contributed by atoms with E-state index in [0.717, 1.165) is 11.1 Å². The fourth-order valence-electron chi connectivity index (χ4n) is 4.83. The summed E-state index contributed by atoms with van der Waals surface area (Å²) in [7, 11) is 2.90. The quantitative estimate of drug-likeness (QED) is 0.429. The second kappa shape index (κ2) is 8.97. The first-order chi connectivity index (χ1) is 16.6. The smallest absolute Gasteiger partial charge is 0.342 e. The molecule has 0 aliphatic heterocycles. The molecular weight excluding hydrogens is 436 g/mol. The Labute approximate surface area is 194 Å². The van der Waals surface area contributed by atoms with Crippen LogP contribution in [0, 0.1) is 0 Å². The first-order valence-electron chi connectivity index (χ1n) is 10.8. The van der Waals surface area contributed by atoms with Gasteiger partial charge in [-0.2, -0.15) is 9.97 Å². The summed E-state index contributed by atoms with van der Waals surface area (Å²) in [6.45, 7) is 0. The number of nitrogens with zero attached hydrogens (tertiary/aromatic N) is 2. The molecule has 2 aromatic heterocycles. The van der Waals surface area contributed by atoms with Crippen molar-refractivity contribution < 1.29 is 18.3 Å². The second-order valence-electron chi connectivity index (χ2n) is 8.04. The third-order valence-electron chi connectivity index (χ3n) is 6.24. The zero-order chi connectivity index (χ0) is 23.7. The Morgan fingerprint density at radius 3 is 1.35 bits per heavy atom. The molecule has 5 rings (SSSR count). The van der Waals surface area contributed by atoms with Gasteiger partial charge in [-0.25, -0.2) is 9.59 Å². The lowest BCUT2D eigenvalue weighted by molar-refractivity contribution is 0.152. The van der Waals surface area contributed by atoms with Crippen molar-refractivity contribution in [1.29, 1.82) is 0 Å². The Morgan fingerprint density at radius 2 is 1.00 bits per heavy atom. The number of hydrogen-bond donors (Lipinski definition) is 0. The molecule has 0 radical (unpaired) electrons. The van der Waals surface area contributed by atoms with Gasteiger partial charge in [0.1, 0.15) is 0 Å². The van der Waals surface area contributed by atoms with E-state index in [-0.39, 0.29) is 47.2 Å². The van der Waals surface area contributed by atoms with Crippen LogP contribution in [0.5, 0.6) is 11.8 Å². The first-order valence-corrected chi connectivity index (χ1v) is 10.8. The fraction of sp³-hybridized carbons (Fsp3) is 0.231. The van der Waals surface area contributed by atoms with Gasteiger partial charge in [-0.3, -0.25) is 0 Å². The predicted molar refractivity (Wildman–Crippen MR) is 122 cm³/mol. The normalized spacial score (nSPS) is 21.5. The minimum atomic E-state index is -0.546. The minimum Gasteiger partial charge on any atom is -0.481 e. The van der Waals surface area contributed by atoms with E-state index in [9.17, 15) is 9.59 Å². The van der Waals surface area contributed by atoms with Crippen molar-refractivity contribution in [3.05, 3.63) is 117 Å². The van der Waals surface area contributed by atoms with Gasteiger partial charge in [-0.1, -0.05) is 60.7 Å². The summed E-state index contributed by atoms with van der Waals surface area (Å²) in [5, 5.41) is 0. The fourth-order valence-corrected chi connectivity index (χ4v) is 4.83. The molecule has 0 saturated heterocycles. The van der Waals surface area contributed by atoms with Gasteiger partial charge in [-0.05, 0) is 11.1 Å². The molecule has 0 bridgehead atoms. The Balaban J connectivity index is 1.73. The van der Waals surface area contributed by atoms with E-state index in [1.807, 2.05) is 60.7 Å². The minimum absolute atomic E-state index is 0.180. The maximum atomic E-state index is 12.3. The molecule has 0 N–H and O–H groups in total. The van der Waals surface area contributed by atoms with E-state index in [2.05, 4.69) is 9.97 Å². The van der Waals surface area contributed by atoms with Crippen LogP contribution in [0.4, 0.5) is 0 Å². The van der Waals surface area contributed by atoms with Crippen molar-refractivity contribution in [3.63, 3.8) is 0 Å². The Hall–Kier alpha value is -4.20. The topological polar surface area (TPSA) is 105 Å². The molecule has 8 nitrogen and oxygen atoms in total. The highest BCUT2D eigenvalue weighted by Gasteiger charge is 2.57. The summed E-state index contributed by atoms with van der Waals surface area (Å²) in [5.41, 5.74) is 0.860. The molecular formula is C26H22N2O6. The molecule has 0 amide bonds. The number of rotatable bonds is 6. The third kappa shape index (κ3) is 3.87. The molecule has 0 spiro atoms. The van der Waals surface area contributed by atoms with Crippen LogP contribution < -0.4 is 20.7 Å². The lowest BCUT2D eigenvalue weighted by Gasteiger charge is -2.50. The van der Waals surface area contributed by atoms with E-state index in [1.165, 1.54) is 26.4 Å². The van der Waals surface area contributed by atoms with Crippen molar-refractivity contribution in [2.45, 2.75) is 23.7 Å². The highest BCUT2D eigenvalue weighted by atomic mass is 16.5. The van der Waals surface area contributed by atoms with Crippen molar-refractivity contribution >= 4 is 0 Å². The molecule has 1 aliphatic rings. The maximum Gasteiger partial charge on any atom is 0.342 e. The highest BCUT2D eigenvalue weighted by Crippen LogP contribution is 2.65. The highest BCUT2D eigenvalue weighted by molar-refractivity contribution is 5.42. The zero-order valence-corrected chi connectivity index (χ0v) is 18.6. The molecule has 34 heavy (non-hydrogen) atoms. The largest absolute Gasteiger partial charge is 0.481 e. The predicted octanol–water partition coefficient (Wildman–Crippen LogP) is 3.85. The van der Waals surface area contributed by atoms with Crippen LogP contribution in [0.25, 0.3) is 0 Å². The summed E-state index contributed by atoms with van der Waals surface area (Å²) in [5.74, 6) is -0.276. The standard InChI is InChI=1S/C26H22N2O6/c1-31-17-13-19(29)33-25(27-17)23-21(15-9-5-3-6-10-15)24(22(23)16-11-7-4-8-12-16)26-28-18(32-2)14-20(30)34-26/h3-14,21-24H,1-2H3. The van der Waals surface area contributed by atoms with Crippen LogP contribution >= 0.6 is 0 Å². The van der Waals surface area contributed by atoms with E-state index in [4.69, 9.17) is 18.3 Å². The number of ether oxygens (including phenoxy) is 2. The number of aromatic nitrogens is 2. The van der Waals surface area contributed by atoms with Crippen LogP contribution in [-0.2, 0) is 0 Å². The first kappa shape index (κ1) is 21.6. The lowest BCUT2D eigenvalue weighted by atomic mass is 9.52. The van der Waals surface area contributed by atoms with Gasteiger partial charge in [-0.15, -0.1) is 0 Å². The molecule has 172 valence electrons. The van der Waals surface area contributed by atoms with Crippen molar-refractivity contribution in [2.24, 2.45) is 0 Å². The Kier molecular flexibility index (Phi) is 5.71. The maximum absolute atomic E-state index is 12.3. The van der Waals surface area contributed by atoms with E-state index >= 15 is 0 Å². The summed E-state index contributed by atoms with van der Waals surface area (Å²) in [4.78, 5) is 33.6. The van der Waals surface area contributed by atoms with Crippen molar-refractivity contribution in [3.8, 4) is 11.8 Å². The van der Waals surface area contributed by atoms with Gasteiger partial charge >= 0.3 is 11.3 Å². The monoisotopic (exact) mass is 458 g/mol. The molecule has 8 heteroatoms. The van der Waals surface area contributed by atoms with Crippen LogP contribution in [0.15, 0.2) is 91.2 Å². The molecule has 2 heterocycles. The summed E-state index contributed by atoms with van der Waals surface area (Å²) in [6, 6.07) is 22.0. The SMILES string of the molecule is COc1cc(=O)oc(C2C(c3ccccc3)C(c3nc(OC)cc(=O)o3)C2c2ccccc2)n1. The third-order valence-corrected chi connectivity index (χ3v) is 6.24. The van der Waals surface area contributed by atoms with Gasteiger partial charge in [0.15, 0.2) is 0 Å². The van der Waals surface area contributed by atoms with Crippen LogP contribution in [0.2, 0.25) is 0 Å². The zero-order valence-electron chi connectivity index (χ0n) is 18.6. The Bertz CT molecular complexity index is 1280. The van der Waals surface area contributed by atoms with Crippen LogP contribution in [0.3, 0.4) is 0 Å². The summed E-state index contributed by atoms with van der Waals surface area (Å²) >= 11 is 0. The van der Waals surface area contributed by atoms with E-state index < -0.39 is 11.3 Å². The molecule has 0 unspecified atom stereocenters.